The first-order chi connectivity index (χ1) is 16.0. The Bertz CT molecular complexity index is 1470. The van der Waals surface area contributed by atoms with E-state index in [-0.39, 0.29) is 5.91 Å². The smallest absolute Gasteiger partial charge is 0.267 e. The maximum absolute atomic E-state index is 13.2. The lowest BCUT2D eigenvalue weighted by molar-refractivity contribution is 0.103. The number of nitrogens with zero attached hydrogens (tertiary/aromatic N) is 1. The number of rotatable bonds is 4. The summed E-state index contributed by atoms with van der Waals surface area (Å²) in [6.07, 6.45) is 0. The molecule has 0 radical (unpaired) electrons. The van der Waals surface area contributed by atoms with E-state index in [9.17, 15) is 4.79 Å². The zero-order chi connectivity index (χ0) is 22.9. The number of nitrogens with two attached hydrogens (primary N) is 1. The average Bonchev–Trinajstić information content (AvgIpc) is 3.16. The summed E-state index contributed by atoms with van der Waals surface area (Å²) in [5, 5.41) is 3.80. The maximum atomic E-state index is 13.2. The van der Waals surface area contributed by atoms with Crippen LogP contribution in [-0.4, -0.2) is 10.9 Å². The van der Waals surface area contributed by atoms with Crippen LogP contribution in [-0.2, 0) is 0 Å². The molecule has 0 aliphatic carbocycles. The number of fused-ring (bicyclic) bond motifs is 1. The van der Waals surface area contributed by atoms with Gasteiger partial charge in [0.05, 0.1) is 11.4 Å². The van der Waals surface area contributed by atoms with Crippen LogP contribution in [0.15, 0.2) is 84.9 Å². The molecule has 5 rings (SSSR count). The van der Waals surface area contributed by atoms with E-state index in [0.717, 1.165) is 43.9 Å². The monoisotopic (exact) mass is 449 g/mol. The molecule has 162 valence electrons. The fraction of sp³-hybridized carbons (Fsp3) is 0.0714. The molecule has 33 heavy (non-hydrogen) atoms. The van der Waals surface area contributed by atoms with Gasteiger partial charge in [-0.1, -0.05) is 72.3 Å². The van der Waals surface area contributed by atoms with E-state index in [1.54, 1.807) is 0 Å². The molecule has 2 aromatic heterocycles. The Labute approximate surface area is 196 Å². The van der Waals surface area contributed by atoms with Gasteiger partial charge in [-0.3, -0.25) is 4.79 Å². The number of anilines is 2. The minimum atomic E-state index is -0.225. The van der Waals surface area contributed by atoms with Crippen molar-refractivity contribution in [3.05, 3.63) is 101 Å². The van der Waals surface area contributed by atoms with Crippen molar-refractivity contribution in [1.29, 1.82) is 0 Å². The topological polar surface area (TPSA) is 68.0 Å². The van der Waals surface area contributed by atoms with Gasteiger partial charge in [-0.15, -0.1) is 11.3 Å². The molecule has 4 nitrogen and oxygen atoms in total. The van der Waals surface area contributed by atoms with Gasteiger partial charge in [0.15, 0.2) is 0 Å². The number of aryl methyl sites for hydroxylation is 2. The highest BCUT2D eigenvalue weighted by Gasteiger charge is 2.22. The SMILES string of the molecule is Cc1ccc(-c2cc(-c3ccccc3)nc3sc(C(=O)Nc4cccc(C)c4)c(N)c23)cc1. The van der Waals surface area contributed by atoms with Crippen molar-refractivity contribution in [3.63, 3.8) is 0 Å². The lowest BCUT2D eigenvalue weighted by Gasteiger charge is -2.09. The third-order valence-electron chi connectivity index (χ3n) is 5.61. The number of thiophene rings is 1. The molecule has 3 aromatic carbocycles. The van der Waals surface area contributed by atoms with Gasteiger partial charge in [-0.05, 0) is 48.7 Å². The number of benzene rings is 3. The number of aromatic nitrogens is 1. The fourth-order valence-electron chi connectivity index (χ4n) is 3.92. The van der Waals surface area contributed by atoms with Gasteiger partial charge in [0.1, 0.15) is 9.71 Å². The van der Waals surface area contributed by atoms with Gasteiger partial charge < -0.3 is 11.1 Å². The van der Waals surface area contributed by atoms with Gasteiger partial charge >= 0.3 is 0 Å². The van der Waals surface area contributed by atoms with E-state index in [0.29, 0.717) is 10.6 Å². The molecular weight excluding hydrogens is 426 g/mol. The van der Waals surface area contributed by atoms with Crippen LogP contribution in [0.25, 0.3) is 32.6 Å². The molecule has 0 atom stereocenters. The summed E-state index contributed by atoms with van der Waals surface area (Å²) in [4.78, 5) is 19.3. The summed E-state index contributed by atoms with van der Waals surface area (Å²) < 4.78 is 0. The molecular formula is C28H23N3OS. The number of hydrogen-bond acceptors (Lipinski definition) is 4. The predicted octanol–water partition coefficient (Wildman–Crippen LogP) is 7.08. The number of hydrogen-bond donors (Lipinski definition) is 2. The summed E-state index contributed by atoms with van der Waals surface area (Å²) in [7, 11) is 0. The number of carbonyl (C=O) groups is 1. The number of nitrogens with one attached hydrogen (secondary N) is 1. The van der Waals surface area contributed by atoms with Crippen molar-refractivity contribution in [1.82, 2.24) is 4.98 Å². The van der Waals surface area contributed by atoms with Crippen LogP contribution >= 0.6 is 11.3 Å². The minimum absolute atomic E-state index is 0.225. The minimum Gasteiger partial charge on any atom is -0.397 e. The van der Waals surface area contributed by atoms with Crippen molar-refractivity contribution >= 4 is 38.8 Å². The van der Waals surface area contributed by atoms with Gasteiger partial charge in [-0.25, -0.2) is 4.98 Å². The second-order valence-electron chi connectivity index (χ2n) is 8.14. The molecule has 0 aliphatic rings. The third-order valence-corrected chi connectivity index (χ3v) is 6.71. The normalized spacial score (nSPS) is 11.0. The molecule has 1 amide bonds. The van der Waals surface area contributed by atoms with Gasteiger partial charge in [0, 0.05) is 16.6 Å². The number of carbonyl (C=O) groups excluding carboxylic acids is 1. The number of pyridine rings is 1. The van der Waals surface area contributed by atoms with Crippen LogP contribution < -0.4 is 11.1 Å². The summed E-state index contributed by atoms with van der Waals surface area (Å²) in [5.41, 5.74) is 13.9. The molecule has 0 spiro atoms. The van der Waals surface area contributed by atoms with E-state index in [4.69, 9.17) is 10.7 Å². The van der Waals surface area contributed by atoms with Gasteiger partial charge in [0.2, 0.25) is 0 Å². The summed E-state index contributed by atoms with van der Waals surface area (Å²) in [5.74, 6) is -0.225. The summed E-state index contributed by atoms with van der Waals surface area (Å²) in [6.45, 7) is 4.06. The second kappa shape index (κ2) is 8.52. The molecule has 0 fully saturated rings. The second-order valence-corrected chi connectivity index (χ2v) is 9.13. The molecule has 0 saturated carbocycles. The Balaban J connectivity index is 1.67. The average molecular weight is 450 g/mol. The number of nitrogen functional groups attached to an aromatic ring is 1. The van der Waals surface area contributed by atoms with Crippen LogP contribution in [0.4, 0.5) is 11.4 Å². The first-order valence-corrected chi connectivity index (χ1v) is 11.5. The van der Waals surface area contributed by atoms with Gasteiger partial charge in [-0.2, -0.15) is 0 Å². The van der Waals surface area contributed by atoms with Crippen LogP contribution in [0.1, 0.15) is 20.8 Å². The zero-order valence-electron chi connectivity index (χ0n) is 18.4. The molecule has 3 N–H and O–H groups in total. The van der Waals surface area contributed by atoms with Crippen LogP contribution in [0.2, 0.25) is 0 Å². The van der Waals surface area contributed by atoms with Crippen molar-refractivity contribution in [3.8, 4) is 22.4 Å². The molecule has 0 aliphatic heterocycles. The predicted molar refractivity (Wildman–Crippen MR) is 139 cm³/mol. The quantitative estimate of drug-likeness (QED) is 0.308. The third kappa shape index (κ3) is 4.11. The first-order valence-electron chi connectivity index (χ1n) is 10.7. The van der Waals surface area contributed by atoms with Crippen molar-refractivity contribution in [2.24, 2.45) is 0 Å². The molecule has 0 bridgehead atoms. The highest BCUT2D eigenvalue weighted by Crippen LogP contribution is 2.41. The van der Waals surface area contributed by atoms with Crippen molar-refractivity contribution in [2.75, 3.05) is 11.1 Å². The maximum Gasteiger partial charge on any atom is 0.267 e. The van der Waals surface area contributed by atoms with Crippen molar-refractivity contribution < 1.29 is 4.79 Å². The lowest BCUT2D eigenvalue weighted by atomic mass is 9.99. The van der Waals surface area contributed by atoms with Crippen molar-refractivity contribution in [2.45, 2.75) is 13.8 Å². The molecule has 0 unspecified atom stereocenters. The summed E-state index contributed by atoms with van der Waals surface area (Å²) in [6, 6.07) is 28.2. The zero-order valence-corrected chi connectivity index (χ0v) is 19.2. The Morgan fingerprint density at radius 1 is 0.848 bits per heavy atom. The van der Waals surface area contributed by atoms with E-state index in [2.05, 4.69) is 42.6 Å². The molecule has 2 heterocycles. The largest absolute Gasteiger partial charge is 0.397 e. The standard InChI is InChI=1S/C28H23N3OS/c1-17-11-13-19(14-12-17)22-16-23(20-8-4-3-5-9-20)31-28-24(22)25(29)26(33-28)27(32)30-21-10-6-7-18(2)15-21/h3-16H,29H2,1-2H3,(H,30,32). The highest BCUT2D eigenvalue weighted by molar-refractivity contribution is 7.21. The highest BCUT2D eigenvalue weighted by atomic mass is 32.1. The van der Waals surface area contributed by atoms with Crippen LogP contribution in [0.5, 0.6) is 0 Å². The molecule has 0 saturated heterocycles. The fourth-order valence-corrected chi connectivity index (χ4v) is 4.93. The molecule has 5 aromatic rings. The Kier molecular flexibility index (Phi) is 5.40. The lowest BCUT2D eigenvalue weighted by Crippen LogP contribution is -2.12. The Morgan fingerprint density at radius 3 is 2.33 bits per heavy atom. The molecule has 5 heteroatoms. The van der Waals surface area contributed by atoms with E-state index >= 15 is 0 Å². The van der Waals surface area contributed by atoms with E-state index < -0.39 is 0 Å². The van der Waals surface area contributed by atoms with E-state index in [1.165, 1.54) is 16.9 Å². The number of amides is 1. The Hall–Kier alpha value is -3.96. The van der Waals surface area contributed by atoms with Crippen LogP contribution in [0, 0.1) is 13.8 Å². The van der Waals surface area contributed by atoms with Crippen LogP contribution in [0.3, 0.4) is 0 Å². The Morgan fingerprint density at radius 2 is 1.61 bits per heavy atom. The van der Waals surface area contributed by atoms with E-state index in [1.807, 2.05) is 61.5 Å². The first kappa shape index (κ1) is 20.9. The van der Waals surface area contributed by atoms with Gasteiger partial charge in [0.25, 0.3) is 5.91 Å². The summed E-state index contributed by atoms with van der Waals surface area (Å²) >= 11 is 1.33.